The van der Waals surface area contributed by atoms with Crippen LogP contribution in [0.1, 0.15) is 5.69 Å². The molecule has 0 aliphatic carbocycles. The number of nitrogens with zero attached hydrogens (tertiary/aromatic N) is 2. The van der Waals surface area contributed by atoms with Gasteiger partial charge in [-0.15, -0.1) is 0 Å². The molecule has 0 aliphatic rings. The van der Waals surface area contributed by atoms with Crippen LogP contribution in [0.2, 0.25) is 0 Å². The Bertz CT molecular complexity index is 494. The molecule has 0 saturated heterocycles. The average Bonchev–Trinajstić information content (AvgIpc) is 2.43. The summed E-state index contributed by atoms with van der Waals surface area (Å²) in [5, 5.41) is 0. The first-order chi connectivity index (χ1) is 6.70. The van der Waals surface area contributed by atoms with Gasteiger partial charge >= 0.3 is 0 Å². The van der Waals surface area contributed by atoms with Gasteiger partial charge in [-0.3, -0.25) is 9.36 Å². The minimum atomic E-state index is 0.853. The summed E-state index contributed by atoms with van der Waals surface area (Å²) in [6.45, 7) is 2.06. The van der Waals surface area contributed by atoms with Crippen molar-refractivity contribution in [1.29, 1.82) is 0 Å². The van der Waals surface area contributed by atoms with Crippen LogP contribution >= 0.6 is 12.2 Å². The standard InChI is InChI=1S/C11H12N2S/c1-9-8-11(14)12(2)13(9)10-6-4-3-5-7-10/h3-8H,1-2H3. The minimum Gasteiger partial charge on any atom is -0.273 e. The summed E-state index contributed by atoms with van der Waals surface area (Å²) in [7, 11) is 1.97. The van der Waals surface area contributed by atoms with Gasteiger partial charge in [0.15, 0.2) is 0 Å². The Hall–Kier alpha value is -1.35. The van der Waals surface area contributed by atoms with E-state index in [-0.39, 0.29) is 0 Å². The van der Waals surface area contributed by atoms with E-state index in [1.165, 1.54) is 0 Å². The Morgan fingerprint density at radius 2 is 1.79 bits per heavy atom. The van der Waals surface area contributed by atoms with E-state index in [9.17, 15) is 0 Å². The van der Waals surface area contributed by atoms with E-state index in [2.05, 4.69) is 23.7 Å². The second-order valence-electron chi connectivity index (χ2n) is 3.29. The van der Waals surface area contributed by atoms with Gasteiger partial charge in [0, 0.05) is 12.7 Å². The lowest BCUT2D eigenvalue weighted by Crippen LogP contribution is -2.07. The lowest BCUT2D eigenvalue weighted by molar-refractivity contribution is 0.640. The molecule has 1 aromatic carbocycles. The van der Waals surface area contributed by atoms with Crippen molar-refractivity contribution in [3.63, 3.8) is 0 Å². The fraction of sp³-hybridized carbons (Fsp3) is 0.182. The predicted molar refractivity (Wildman–Crippen MR) is 60.3 cm³/mol. The second kappa shape index (κ2) is 3.42. The van der Waals surface area contributed by atoms with Gasteiger partial charge in [-0.1, -0.05) is 30.4 Å². The second-order valence-corrected chi connectivity index (χ2v) is 3.71. The van der Waals surface area contributed by atoms with Crippen LogP contribution in [0.25, 0.3) is 5.69 Å². The summed E-state index contributed by atoms with van der Waals surface area (Å²) in [4.78, 5) is 0. The highest BCUT2D eigenvalue weighted by molar-refractivity contribution is 7.71. The SMILES string of the molecule is Cc1cc(=S)n(C)n1-c1ccccc1. The van der Waals surface area contributed by atoms with E-state index in [1.807, 2.05) is 36.0 Å². The van der Waals surface area contributed by atoms with Crippen molar-refractivity contribution in [2.75, 3.05) is 0 Å². The molecule has 0 saturated carbocycles. The third-order valence-electron chi connectivity index (χ3n) is 2.29. The van der Waals surface area contributed by atoms with Crippen molar-refractivity contribution in [2.45, 2.75) is 6.92 Å². The Kier molecular flexibility index (Phi) is 2.25. The van der Waals surface area contributed by atoms with Crippen molar-refractivity contribution in [3.8, 4) is 5.69 Å². The van der Waals surface area contributed by atoms with Crippen LogP contribution in [0, 0.1) is 11.6 Å². The van der Waals surface area contributed by atoms with E-state index >= 15 is 0 Å². The van der Waals surface area contributed by atoms with Gasteiger partial charge in [0.1, 0.15) is 4.64 Å². The molecule has 0 bridgehead atoms. The van der Waals surface area contributed by atoms with Crippen LogP contribution in [-0.4, -0.2) is 9.36 Å². The maximum Gasteiger partial charge on any atom is 0.122 e. The first-order valence-corrected chi connectivity index (χ1v) is 4.92. The summed E-state index contributed by atoms with van der Waals surface area (Å²) < 4.78 is 4.92. The van der Waals surface area contributed by atoms with Crippen LogP contribution in [-0.2, 0) is 7.05 Å². The molecule has 2 aromatic rings. The normalized spacial score (nSPS) is 10.4. The van der Waals surface area contributed by atoms with Crippen molar-refractivity contribution in [1.82, 2.24) is 9.36 Å². The first-order valence-electron chi connectivity index (χ1n) is 4.51. The topological polar surface area (TPSA) is 9.86 Å². The zero-order valence-corrected chi connectivity index (χ0v) is 9.08. The van der Waals surface area contributed by atoms with Crippen LogP contribution in [0.5, 0.6) is 0 Å². The zero-order valence-electron chi connectivity index (χ0n) is 8.27. The zero-order chi connectivity index (χ0) is 10.1. The quantitative estimate of drug-likeness (QED) is 0.649. The molecule has 3 heteroatoms. The van der Waals surface area contributed by atoms with Gasteiger partial charge in [0.25, 0.3) is 0 Å². The highest BCUT2D eigenvalue weighted by Gasteiger charge is 2.03. The fourth-order valence-electron chi connectivity index (χ4n) is 1.61. The maximum absolute atomic E-state index is 5.20. The van der Waals surface area contributed by atoms with Gasteiger partial charge in [-0.05, 0) is 25.1 Å². The van der Waals surface area contributed by atoms with Gasteiger partial charge in [-0.25, -0.2) is 0 Å². The Balaban J connectivity index is 2.69. The molecule has 0 fully saturated rings. The van der Waals surface area contributed by atoms with Gasteiger partial charge in [0.05, 0.1) is 5.69 Å². The van der Waals surface area contributed by atoms with Crippen molar-refractivity contribution >= 4 is 12.2 Å². The summed E-state index contributed by atoms with van der Waals surface area (Å²) in [6, 6.07) is 12.2. The van der Waals surface area contributed by atoms with Crippen LogP contribution < -0.4 is 0 Å². The lowest BCUT2D eigenvalue weighted by Gasteiger charge is -2.09. The van der Waals surface area contributed by atoms with E-state index < -0.39 is 0 Å². The van der Waals surface area contributed by atoms with Crippen LogP contribution in [0.15, 0.2) is 36.4 Å². The summed E-state index contributed by atoms with van der Waals surface area (Å²) in [6.07, 6.45) is 0. The number of aryl methyl sites for hydroxylation is 1. The van der Waals surface area contributed by atoms with Gasteiger partial charge < -0.3 is 0 Å². The lowest BCUT2D eigenvalue weighted by atomic mass is 10.3. The van der Waals surface area contributed by atoms with E-state index in [0.717, 1.165) is 16.0 Å². The third-order valence-corrected chi connectivity index (χ3v) is 2.67. The molecule has 0 aliphatic heterocycles. The molecule has 72 valence electrons. The Morgan fingerprint density at radius 3 is 2.29 bits per heavy atom. The summed E-state index contributed by atoms with van der Waals surface area (Å²) in [5.74, 6) is 0. The molecule has 1 aromatic heterocycles. The molecule has 0 N–H and O–H groups in total. The number of benzene rings is 1. The number of aromatic nitrogens is 2. The number of hydrogen-bond donors (Lipinski definition) is 0. The van der Waals surface area contributed by atoms with Crippen LogP contribution in [0.3, 0.4) is 0 Å². The molecule has 0 atom stereocenters. The van der Waals surface area contributed by atoms with Gasteiger partial charge in [-0.2, -0.15) is 0 Å². The smallest absolute Gasteiger partial charge is 0.122 e. The molecule has 0 unspecified atom stereocenters. The largest absolute Gasteiger partial charge is 0.273 e. The predicted octanol–water partition coefficient (Wildman–Crippen LogP) is 2.85. The minimum absolute atomic E-state index is 0.853. The Morgan fingerprint density at radius 1 is 1.14 bits per heavy atom. The monoisotopic (exact) mass is 204 g/mol. The van der Waals surface area contributed by atoms with Gasteiger partial charge in [0.2, 0.25) is 0 Å². The summed E-state index contributed by atoms with van der Waals surface area (Å²) in [5.41, 5.74) is 2.30. The number of hydrogen-bond acceptors (Lipinski definition) is 1. The van der Waals surface area contributed by atoms with Crippen molar-refractivity contribution in [3.05, 3.63) is 46.7 Å². The molecule has 2 rings (SSSR count). The number of para-hydroxylation sites is 1. The highest BCUT2D eigenvalue weighted by atomic mass is 32.1. The molecule has 14 heavy (non-hydrogen) atoms. The summed E-state index contributed by atoms with van der Waals surface area (Å²) >= 11 is 5.20. The highest BCUT2D eigenvalue weighted by Crippen LogP contribution is 2.11. The average molecular weight is 204 g/mol. The Labute approximate surface area is 88.4 Å². The molecule has 0 amide bonds. The molecule has 0 radical (unpaired) electrons. The van der Waals surface area contributed by atoms with E-state index in [1.54, 1.807) is 0 Å². The van der Waals surface area contributed by atoms with Crippen molar-refractivity contribution < 1.29 is 0 Å². The fourth-order valence-corrected chi connectivity index (χ4v) is 1.87. The van der Waals surface area contributed by atoms with Crippen molar-refractivity contribution in [2.24, 2.45) is 7.05 Å². The van der Waals surface area contributed by atoms with Crippen LogP contribution in [0.4, 0.5) is 0 Å². The molecular formula is C11H12N2S. The molecule has 0 spiro atoms. The third kappa shape index (κ3) is 1.40. The maximum atomic E-state index is 5.20. The van der Waals surface area contributed by atoms with E-state index in [0.29, 0.717) is 0 Å². The molecule has 2 nitrogen and oxygen atoms in total. The molecule has 1 heterocycles. The number of rotatable bonds is 1. The van der Waals surface area contributed by atoms with E-state index in [4.69, 9.17) is 12.2 Å². The molecular weight excluding hydrogens is 192 g/mol. The first kappa shape index (κ1) is 9.21.